The quantitative estimate of drug-likeness (QED) is 0.565. The van der Waals surface area contributed by atoms with Crippen molar-refractivity contribution >= 4 is 18.5 Å². The number of aromatic nitrogens is 1. The monoisotopic (exact) mass is 132 g/mol. The van der Waals surface area contributed by atoms with Crippen LogP contribution in [0, 0.1) is 0 Å². The van der Waals surface area contributed by atoms with Gasteiger partial charge >= 0.3 is 0 Å². The van der Waals surface area contributed by atoms with E-state index in [-0.39, 0.29) is 0 Å². The number of nitrogens with zero attached hydrogens (tertiary/aromatic N) is 2. The Bertz CT molecular complexity index is 226. The van der Waals surface area contributed by atoms with Gasteiger partial charge in [0.1, 0.15) is 0 Å². The molecule has 0 saturated carbocycles. The smallest absolute Gasteiger partial charge is 0.0877 e. The van der Waals surface area contributed by atoms with E-state index in [1.165, 1.54) is 0 Å². The highest BCUT2D eigenvalue weighted by atomic mass is 14.7. The summed E-state index contributed by atoms with van der Waals surface area (Å²) in [6.07, 6.45) is 5.08. The summed E-state index contributed by atoms with van der Waals surface area (Å²) in [5.74, 6) is 0. The lowest BCUT2D eigenvalue weighted by Crippen LogP contribution is -1.74. The minimum Gasteiger partial charge on any atom is -0.262 e. The standard InChI is InChI=1S/C8H8N2/c1-3-7-4-5-10-6-8(7)9-2/h3-6H,1-2H2. The van der Waals surface area contributed by atoms with Gasteiger partial charge in [0, 0.05) is 11.8 Å². The normalized spacial score (nSPS) is 8.80. The van der Waals surface area contributed by atoms with Crippen molar-refractivity contribution in [2.75, 3.05) is 0 Å². The maximum Gasteiger partial charge on any atom is 0.0877 e. The Labute approximate surface area is 60.0 Å². The van der Waals surface area contributed by atoms with Crippen molar-refractivity contribution in [1.29, 1.82) is 0 Å². The molecular weight excluding hydrogens is 124 g/mol. The van der Waals surface area contributed by atoms with Gasteiger partial charge < -0.3 is 0 Å². The van der Waals surface area contributed by atoms with E-state index in [4.69, 9.17) is 0 Å². The molecule has 1 aromatic heterocycles. The second-order valence-corrected chi connectivity index (χ2v) is 1.80. The molecule has 2 nitrogen and oxygen atoms in total. The summed E-state index contributed by atoms with van der Waals surface area (Å²) in [6.45, 7) is 7.03. The van der Waals surface area contributed by atoms with Crippen molar-refractivity contribution < 1.29 is 0 Å². The number of rotatable bonds is 2. The number of hydrogen-bond donors (Lipinski definition) is 0. The second-order valence-electron chi connectivity index (χ2n) is 1.80. The van der Waals surface area contributed by atoms with Crippen molar-refractivity contribution in [2.45, 2.75) is 0 Å². The fraction of sp³-hybridized carbons (Fsp3) is 0. The first-order valence-corrected chi connectivity index (χ1v) is 2.91. The number of pyridine rings is 1. The predicted molar refractivity (Wildman–Crippen MR) is 43.5 cm³/mol. The highest BCUT2D eigenvalue weighted by molar-refractivity contribution is 5.63. The van der Waals surface area contributed by atoms with Crippen LogP contribution in [0.1, 0.15) is 5.56 Å². The van der Waals surface area contributed by atoms with Crippen LogP contribution >= 0.6 is 0 Å². The maximum atomic E-state index is 3.88. The SMILES string of the molecule is C=Cc1ccncc1N=C. The Hall–Kier alpha value is -1.44. The molecule has 1 rings (SSSR count). The van der Waals surface area contributed by atoms with Crippen LogP contribution in [-0.2, 0) is 0 Å². The highest BCUT2D eigenvalue weighted by Crippen LogP contribution is 2.16. The third-order valence-corrected chi connectivity index (χ3v) is 1.22. The highest BCUT2D eigenvalue weighted by Gasteiger charge is 1.91. The van der Waals surface area contributed by atoms with Crippen molar-refractivity contribution in [3.8, 4) is 0 Å². The van der Waals surface area contributed by atoms with Gasteiger partial charge in [-0.3, -0.25) is 9.98 Å². The molecule has 0 radical (unpaired) electrons. The molecule has 10 heavy (non-hydrogen) atoms. The average molecular weight is 132 g/mol. The van der Waals surface area contributed by atoms with Crippen molar-refractivity contribution in [1.82, 2.24) is 4.98 Å². The molecule has 1 heterocycles. The molecular formula is C8H8N2. The largest absolute Gasteiger partial charge is 0.262 e. The molecule has 0 bridgehead atoms. The summed E-state index contributed by atoms with van der Waals surface area (Å²) in [4.78, 5) is 7.64. The lowest BCUT2D eigenvalue weighted by molar-refractivity contribution is 1.30. The van der Waals surface area contributed by atoms with Crippen LogP contribution in [0.2, 0.25) is 0 Å². The molecule has 0 amide bonds. The molecule has 0 atom stereocenters. The zero-order valence-corrected chi connectivity index (χ0v) is 5.62. The molecule has 0 aliphatic rings. The summed E-state index contributed by atoms with van der Waals surface area (Å²) in [7, 11) is 0. The molecule has 0 aromatic carbocycles. The van der Waals surface area contributed by atoms with Crippen LogP contribution in [0.5, 0.6) is 0 Å². The van der Waals surface area contributed by atoms with Crippen LogP contribution in [-0.4, -0.2) is 11.7 Å². The summed E-state index contributed by atoms with van der Waals surface area (Å²) < 4.78 is 0. The van der Waals surface area contributed by atoms with Gasteiger partial charge in [0.05, 0.1) is 11.9 Å². The van der Waals surface area contributed by atoms with Crippen LogP contribution in [0.4, 0.5) is 5.69 Å². The molecule has 0 spiro atoms. The minimum absolute atomic E-state index is 0.775. The fourth-order valence-electron chi connectivity index (χ4n) is 0.702. The van der Waals surface area contributed by atoms with Crippen molar-refractivity contribution in [2.24, 2.45) is 4.99 Å². The molecule has 50 valence electrons. The summed E-state index contributed by atoms with van der Waals surface area (Å²) in [6, 6.07) is 1.84. The minimum atomic E-state index is 0.775. The lowest BCUT2D eigenvalue weighted by atomic mass is 10.2. The van der Waals surface area contributed by atoms with Gasteiger partial charge in [-0.15, -0.1) is 0 Å². The molecule has 1 aromatic rings. The number of hydrogen-bond acceptors (Lipinski definition) is 2. The summed E-state index contributed by atoms with van der Waals surface area (Å²) in [5.41, 5.74) is 1.74. The molecule has 0 N–H and O–H groups in total. The van der Waals surface area contributed by atoms with E-state index in [2.05, 4.69) is 23.3 Å². The van der Waals surface area contributed by atoms with Crippen LogP contribution in [0.15, 0.2) is 30.0 Å². The Balaban J connectivity index is 3.20. The van der Waals surface area contributed by atoms with E-state index in [1.807, 2.05) is 6.07 Å². The van der Waals surface area contributed by atoms with Gasteiger partial charge in [-0.05, 0) is 12.8 Å². The average Bonchev–Trinajstić information content (AvgIpc) is 2.04. The Morgan fingerprint density at radius 3 is 2.90 bits per heavy atom. The first-order chi connectivity index (χ1) is 4.88. The number of aliphatic imine (C=N–C) groups is 1. The van der Waals surface area contributed by atoms with Crippen LogP contribution < -0.4 is 0 Å². The molecule has 0 unspecified atom stereocenters. The molecule has 0 aliphatic carbocycles. The molecule has 0 aliphatic heterocycles. The van der Waals surface area contributed by atoms with Gasteiger partial charge in [0.15, 0.2) is 0 Å². The third-order valence-electron chi connectivity index (χ3n) is 1.22. The lowest BCUT2D eigenvalue weighted by Gasteiger charge is -1.95. The zero-order valence-electron chi connectivity index (χ0n) is 5.62. The van der Waals surface area contributed by atoms with Gasteiger partial charge in [-0.2, -0.15) is 0 Å². The van der Waals surface area contributed by atoms with E-state index in [1.54, 1.807) is 18.5 Å². The van der Waals surface area contributed by atoms with Gasteiger partial charge in [-0.1, -0.05) is 12.7 Å². The van der Waals surface area contributed by atoms with Gasteiger partial charge in [0.25, 0.3) is 0 Å². The predicted octanol–water partition coefficient (Wildman–Crippen LogP) is 2.06. The van der Waals surface area contributed by atoms with Crippen LogP contribution in [0.3, 0.4) is 0 Å². The van der Waals surface area contributed by atoms with E-state index in [9.17, 15) is 0 Å². The van der Waals surface area contributed by atoms with Crippen LogP contribution in [0.25, 0.3) is 6.08 Å². The maximum absolute atomic E-state index is 3.88. The molecule has 0 fully saturated rings. The van der Waals surface area contributed by atoms with E-state index in [0.29, 0.717) is 0 Å². The fourth-order valence-corrected chi connectivity index (χ4v) is 0.702. The van der Waals surface area contributed by atoms with Gasteiger partial charge in [0.2, 0.25) is 0 Å². The topological polar surface area (TPSA) is 25.2 Å². The molecule has 0 saturated heterocycles. The Morgan fingerprint density at radius 2 is 2.40 bits per heavy atom. The second kappa shape index (κ2) is 2.92. The van der Waals surface area contributed by atoms with E-state index >= 15 is 0 Å². The van der Waals surface area contributed by atoms with E-state index < -0.39 is 0 Å². The van der Waals surface area contributed by atoms with E-state index in [0.717, 1.165) is 11.3 Å². The third kappa shape index (κ3) is 1.10. The first-order valence-electron chi connectivity index (χ1n) is 2.91. The zero-order chi connectivity index (χ0) is 7.40. The van der Waals surface area contributed by atoms with Crippen molar-refractivity contribution in [3.05, 3.63) is 30.6 Å². The Kier molecular flexibility index (Phi) is 1.95. The van der Waals surface area contributed by atoms with Crippen molar-refractivity contribution in [3.63, 3.8) is 0 Å². The first kappa shape index (κ1) is 6.68. The van der Waals surface area contributed by atoms with Gasteiger partial charge in [-0.25, -0.2) is 0 Å². The Morgan fingerprint density at radius 1 is 1.60 bits per heavy atom. The summed E-state index contributed by atoms with van der Waals surface area (Å²) in [5, 5.41) is 0. The summed E-state index contributed by atoms with van der Waals surface area (Å²) >= 11 is 0. The molecule has 2 heteroatoms.